The number of hydrazine groups is 1. The molecule has 1 amide bonds. The van der Waals surface area contributed by atoms with Gasteiger partial charge in [-0.1, -0.05) is 23.7 Å². The molecule has 154 valence electrons. The van der Waals surface area contributed by atoms with Crippen LogP contribution in [0.4, 0.5) is 17.6 Å². The molecule has 2 aromatic rings. The van der Waals surface area contributed by atoms with Crippen LogP contribution in [0.1, 0.15) is 10.4 Å². The summed E-state index contributed by atoms with van der Waals surface area (Å²) >= 11 is 6.10. The summed E-state index contributed by atoms with van der Waals surface area (Å²) in [5.74, 6) is 1.56. The lowest BCUT2D eigenvalue weighted by atomic mass is 10.2. The minimum atomic E-state index is -0.338. The topological polar surface area (TPSA) is 91.9 Å². The van der Waals surface area contributed by atoms with Gasteiger partial charge in [0.2, 0.25) is 5.95 Å². The third-order valence-electron chi connectivity index (χ3n) is 4.75. The van der Waals surface area contributed by atoms with Gasteiger partial charge in [0.05, 0.1) is 37.0 Å². The average Bonchev–Trinajstić information content (AvgIpc) is 2.79. The van der Waals surface area contributed by atoms with Crippen molar-refractivity contribution in [2.24, 2.45) is 0 Å². The van der Waals surface area contributed by atoms with Crippen molar-refractivity contribution in [2.75, 3.05) is 67.8 Å². The van der Waals surface area contributed by atoms with Gasteiger partial charge in [-0.2, -0.15) is 9.97 Å². The molecule has 3 heterocycles. The number of morpholine rings is 2. The van der Waals surface area contributed by atoms with E-state index in [1.807, 2.05) is 6.07 Å². The van der Waals surface area contributed by atoms with Crippen molar-refractivity contribution in [3.8, 4) is 0 Å². The molecule has 2 saturated heterocycles. The number of nitrogens with one attached hydrogen (secondary N) is 2. The predicted octanol–water partition coefficient (Wildman–Crippen LogP) is 1.56. The zero-order valence-corrected chi connectivity index (χ0v) is 16.7. The van der Waals surface area contributed by atoms with Gasteiger partial charge in [0.25, 0.3) is 5.91 Å². The number of rotatable bonds is 5. The average molecular weight is 419 g/mol. The second-order valence-corrected chi connectivity index (χ2v) is 7.08. The summed E-state index contributed by atoms with van der Waals surface area (Å²) in [4.78, 5) is 26.0. The fraction of sp³-hybridized carbons (Fsp3) is 0.421. The van der Waals surface area contributed by atoms with Gasteiger partial charge in [0, 0.05) is 32.2 Å². The lowest BCUT2D eigenvalue weighted by molar-refractivity contribution is 0.0962. The van der Waals surface area contributed by atoms with Crippen LogP contribution in [-0.2, 0) is 9.47 Å². The quantitative estimate of drug-likeness (QED) is 0.707. The number of carbonyl (C=O) groups is 1. The van der Waals surface area contributed by atoms with Crippen molar-refractivity contribution in [1.29, 1.82) is 0 Å². The molecule has 1 aromatic heterocycles. The Labute approximate surface area is 173 Å². The fourth-order valence-electron chi connectivity index (χ4n) is 3.18. The molecule has 0 aliphatic carbocycles. The van der Waals surface area contributed by atoms with Gasteiger partial charge in [-0.15, -0.1) is 0 Å². The minimum Gasteiger partial charge on any atom is -0.378 e. The largest absolute Gasteiger partial charge is 0.378 e. The maximum absolute atomic E-state index is 12.5. The standard InChI is InChI=1S/C19H23ClN6O3/c20-15-4-2-1-3-14(15)18(27)24-23-16-13-17(25-5-9-28-10-6-25)22-19(21-16)26-7-11-29-12-8-26/h1-4,13H,5-12H2,(H,24,27)(H,21,22,23). The third-order valence-corrected chi connectivity index (χ3v) is 5.08. The molecule has 0 unspecified atom stereocenters. The Morgan fingerprint density at radius 3 is 2.31 bits per heavy atom. The second kappa shape index (κ2) is 9.25. The number of aromatic nitrogens is 2. The van der Waals surface area contributed by atoms with Gasteiger partial charge < -0.3 is 19.3 Å². The van der Waals surface area contributed by atoms with Crippen LogP contribution in [0.3, 0.4) is 0 Å². The molecule has 29 heavy (non-hydrogen) atoms. The highest BCUT2D eigenvalue weighted by Gasteiger charge is 2.20. The summed E-state index contributed by atoms with van der Waals surface area (Å²) in [5.41, 5.74) is 5.96. The van der Waals surface area contributed by atoms with Gasteiger partial charge in [0.1, 0.15) is 5.82 Å². The van der Waals surface area contributed by atoms with Gasteiger partial charge in [-0.3, -0.25) is 15.6 Å². The van der Waals surface area contributed by atoms with Gasteiger partial charge in [0.15, 0.2) is 5.82 Å². The third kappa shape index (κ3) is 4.87. The normalized spacial score (nSPS) is 17.1. The summed E-state index contributed by atoms with van der Waals surface area (Å²) in [5, 5.41) is 0.387. The molecule has 4 rings (SSSR count). The van der Waals surface area contributed by atoms with Crippen LogP contribution in [0.15, 0.2) is 30.3 Å². The van der Waals surface area contributed by atoms with E-state index >= 15 is 0 Å². The number of anilines is 3. The van der Waals surface area contributed by atoms with Crippen LogP contribution >= 0.6 is 11.6 Å². The first kappa shape index (κ1) is 19.7. The summed E-state index contributed by atoms with van der Waals surface area (Å²) in [6.07, 6.45) is 0. The number of carbonyl (C=O) groups excluding carboxylic acids is 1. The van der Waals surface area contributed by atoms with Crippen molar-refractivity contribution < 1.29 is 14.3 Å². The molecule has 0 spiro atoms. The van der Waals surface area contributed by atoms with Crippen LogP contribution in [-0.4, -0.2) is 68.5 Å². The summed E-state index contributed by atoms with van der Waals surface area (Å²) in [7, 11) is 0. The SMILES string of the molecule is O=C(NNc1cc(N2CCOCC2)nc(N2CCOCC2)n1)c1ccccc1Cl. The molecule has 2 aliphatic heterocycles. The molecule has 0 bridgehead atoms. The molecule has 10 heteroatoms. The highest BCUT2D eigenvalue weighted by molar-refractivity contribution is 6.33. The molecule has 9 nitrogen and oxygen atoms in total. The van der Waals surface area contributed by atoms with E-state index in [0.717, 1.165) is 32.0 Å². The maximum atomic E-state index is 12.5. The van der Waals surface area contributed by atoms with Crippen molar-refractivity contribution in [3.63, 3.8) is 0 Å². The molecular weight excluding hydrogens is 396 g/mol. The van der Waals surface area contributed by atoms with Crippen molar-refractivity contribution in [2.45, 2.75) is 0 Å². The van der Waals surface area contributed by atoms with Crippen LogP contribution in [0.2, 0.25) is 5.02 Å². The van der Waals surface area contributed by atoms with Crippen LogP contribution in [0.25, 0.3) is 0 Å². The number of benzene rings is 1. The van der Waals surface area contributed by atoms with Crippen LogP contribution < -0.4 is 20.7 Å². The minimum absolute atomic E-state index is 0.338. The van der Waals surface area contributed by atoms with Crippen molar-refractivity contribution >= 4 is 35.1 Å². The molecule has 1 aromatic carbocycles. The van der Waals surface area contributed by atoms with Gasteiger partial charge in [-0.05, 0) is 12.1 Å². The Hall–Kier alpha value is -2.62. The summed E-state index contributed by atoms with van der Waals surface area (Å²) < 4.78 is 10.9. The van der Waals surface area contributed by atoms with Crippen LogP contribution in [0, 0.1) is 0 Å². The fourth-order valence-corrected chi connectivity index (χ4v) is 3.40. The first-order valence-corrected chi connectivity index (χ1v) is 9.94. The first-order valence-electron chi connectivity index (χ1n) is 9.56. The second-order valence-electron chi connectivity index (χ2n) is 6.67. The Morgan fingerprint density at radius 1 is 0.966 bits per heavy atom. The molecule has 0 atom stereocenters. The van der Waals surface area contributed by atoms with Crippen molar-refractivity contribution in [1.82, 2.24) is 15.4 Å². The first-order chi connectivity index (χ1) is 14.2. The Balaban J connectivity index is 1.54. The van der Waals surface area contributed by atoms with E-state index < -0.39 is 0 Å². The Bertz CT molecular complexity index is 819. The Kier molecular flexibility index (Phi) is 6.28. The maximum Gasteiger partial charge on any atom is 0.271 e. The zero-order chi connectivity index (χ0) is 20.1. The lowest BCUT2D eigenvalue weighted by Crippen LogP contribution is -2.40. The molecule has 2 N–H and O–H groups in total. The van der Waals surface area contributed by atoms with E-state index in [0.29, 0.717) is 48.8 Å². The molecule has 2 fully saturated rings. The van der Waals surface area contributed by atoms with Crippen molar-refractivity contribution in [3.05, 3.63) is 40.9 Å². The highest BCUT2D eigenvalue weighted by atomic mass is 35.5. The van der Waals surface area contributed by atoms with Gasteiger partial charge in [-0.25, -0.2) is 0 Å². The van der Waals surface area contributed by atoms with Gasteiger partial charge >= 0.3 is 0 Å². The zero-order valence-electron chi connectivity index (χ0n) is 15.9. The number of halogens is 1. The molecule has 2 aliphatic rings. The highest BCUT2D eigenvalue weighted by Crippen LogP contribution is 2.22. The van der Waals surface area contributed by atoms with E-state index in [2.05, 4.69) is 25.6 Å². The monoisotopic (exact) mass is 418 g/mol. The Morgan fingerprint density at radius 2 is 1.62 bits per heavy atom. The van der Waals surface area contributed by atoms with E-state index in [1.54, 1.807) is 24.3 Å². The lowest BCUT2D eigenvalue weighted by Gasteiger charge is -2.31. The molecule has 0 radical (unpaired) electrons. The number of hydrogen-bond donors (Lipinski definition) is 2. The van der Waals surface area contributed by atoms with Crippen LogP contribution in [0.5, 0.6) is 0 Å². The van der Waals surface area contributed by atoms with E-state index in [4.69, 9.17) is 26.1 Å². The smallest absolute Gasteiger partial charge is 0.271 e. The molecular formula is C19H23ClN6O3. The number of nitrogens with zero attached hydrogens (tertiary/aromatic N) is 4. The number of hydrogen-bond acceptors (Lipinski definition) is 8. The number of ether oxygens (including phenoxy) is 2. The van der Waals surface area contributed by atoms with E-state index in [-0.39, 0.29) is 5.91 Å². The predicted molar refractivity (Wildman–Crippen MR) is 111 cm³/mol. The summed E-state index contributed by atoms with van der Waals surface area (Å²) in [6.45, 7) is 5.53. The number of amides is 1. The van der Waals surface area contributed by atoms with E-state index in [9.17, 15) is 4.79 Å². The molecule has 0 saturated carbocycles. The van der Waals surface area contributed by atoms with E-state index in [1.165, 1.54) is 0 Å². The summed E-state index contributed by atoms with van der Waals surface area (Å²) in [6, 6.07) is 8.70.